The van der Waals surface area contributed by atoms with Crippen LogP contribution in [-0.4, -0.2) is 39.3 Å². The zero-order valence-electron chi connectivity index (χ0n) is 13.0. The minimum Gasteiger partial charge on any atom is -0.337 e. The average molecular weight is 276 g/mol. The summed E-state index contributed by atoms with van der Waals surface area (Å²) < 4.78 is 0. The van der Waals surface area contributed by atoms with Gasteiger partial charge in [0.15, 0.2) is 6.04 Å². The van der Waals surface area contributed by atoms with E-state index in [0.29, 0.717) is 0 Å². The number of quaternary nitrogens is 3. The number of benzene rings is 1. The number of nitrogens with one attached hydrogen (secondary N) is 2. The summed E-state index contributed by atoms with van der Waals surface area (Å²) in [6.45, 7) is 13.8. The van der Waals surface area contributed by atoms with Gasteiger partial charge in [0.25, 0.3) is 0 Å². The predicted molar refractivity (Wildman–Crippen MR) is 81.0 cm³/mol. The van der Waals surface area contributed by atoms with Crippen molar-refractivity contribution < 1.29 is 15.1 Å². The summed E-state index contributed by atoms with van der Waals surface area (Å²) in [7, 11) is 0. The molecule has 3 heteroatoms. The molecule has 0 amide bonds. The number of aryl methyl sites for hydroxylation is 1. The van der Waals surface area contributed by atoms with Crippen LogP contribution < -0.4 is 15.1 Å². The van der Waals surface area contributed by atoms with Gasteiger partial charge in [-0.05, 0) is 18.9 Å². The van der Waals surface area contributed by atoms with E-state index in [0.717, 1.165) is 6.04 Å². The molecule has 0 spiro atoms. The largest absolute Gasteiger partial charge is 0.337 e. The second-order valence-electron chi connectivity index (χ2n) is 6.59. The van der Waals surface area contributed by atoms with Gasteiger partial charge in [0.2, 0.25) is 0 Å². The lowest BCUT2D eigenvalue weighted by Gasteiger charge is -2.36. The van der Waals surface area contributed by atoms with Crippen LogP contribution in [0.4, 0.5) is 0 Å². The SMILES string of the molecule is CCC[NH+]1CC[NH+]([C@@H]2C[NH2+]Cc3cccc(C)c32)CC1. The molecule has 110 valence electrons. The number of hydrogen-bond donors (Lipinski definition) is 3. The molecule has 0 aliphatic carbocycles. The Hall–Kier alpha value is -0.900. The van der Waals surface area contributed by atoms with Gasteiger partial charge in [-0.25, -0.2) is 0 Å². The van der Waals surface area contributed by atoms with Crippen LogP contribution >= 0.6 is 0 Å². The van der Waals surface area contributed by atoms with Gasteiger partial charge in [-0.3, -0.25) is 0 Å². The second-order valence-corrected chi connectivity index (χ2v) is 6.59. The molecule has 0 unspecified atom stereocenters. The van der Waals surface area contributed by atoms with Gasteiger partial charge >= 0.3 is 0 Å². The number of piperazine rings is 1. The normalized spacial score (nSPS) is 30.0. The summed E-state index contributed by atoms with van der Waals surface area (Å²) in [5.41, 5.74) is 4.76. The van der Waals surface area contributed by atoms with E-state index in [1.807, 2.05) is 9.80 Å². The molecule has 3 rings (SSSR count). The summed E-state index contributed by atoms with van der Waals surface area (Å²) in [4.78, 5) is 3.65. The molecular weight excluding hydrogens is 246 g/mol. The summed E-state index contributed by atoms with van der Waals surface area (Å²) in [6.07, 6.45) is 1.32. The van der Waals surface area contributed by atoms with Crippen molar-refractivity contribution in [2.45, 2.75) is 32.9 Å². The quantitative estimate of drug-likeness (QED) is 0.587. The smallest absolute Gasteiger partial charge is 0.164 e. The molecule has 0 bridgehead atoms. The standard InChI is InChI=1S/C17H27N3/c1-3-7-19-8-10-20(11-9-19)16-13-18-12-15-6-4-5-14(2)17(15)16/h4-6,16,18H,3,7-13H2,1-2H3/p+3/t16-/m1/s1. The van der Waals surface area contributed by atoms with Crippen molar-refractivity contribution in [2.75, 3.05) is 39.3 Å². The fourth-order valence-electron chi connectivity index (χ4n) is 4.19. The van der Waals surface area contributed by atoms with Crippen molar-refractivity contribution in [3.8, 4) is 0 Å². The zero-order valence-corrected chi connectivity index (χ0v) is 13.0. The molecule has 2 aliphatic heterocycles. The third-order valence-electron chi connectivity index (χ3n) is 5.23. The van der Waals surface area contributed by atoms with Crippen LogP contribution in [0.3, 0.4) is 0 Å². The van der Waals surface area contributed by atoms with Crippen molar-refractivity contribution in [3.05, 3.63) is 34.9 Å². The maximum Gasteiger partial charge on any atom is 0.164 e. The first-order valence-electron chi connectivity index (χ1n) is 8.37. The van der Waals surface area contributed by atoms with E-state index in [-0.39, 0.29) is 0 Å². The van der Waals surface area contributed by atoms with Gasteiger partial charge < -0.3 is 15.1 Å². The molecule has 3 nitrogen and oxygen atoms in total. The first-order valence-corrected chi connectivity index (χ1v) is 8.37. The topological polar surface area (TPSA) is 25.5 Å². The molecule has 2 aliphatic rings. The highest BCUT2D eigenvalue weighted by Gasteiger charge is 2.35. The van der Waals surface area contributed by atoms with E-state index >= 15 is 0 Å². The van der Waals surface area contributed by atoms with Crippen molar-refractivity contribution in [1.29, 1.82) is 0 Å². The van der Waals surface area contributed by atoms with Gasteiger partial charge in [-0.15, -0.1) is 0 Å². The first-order chi connectivity index (χ1) is 9.79. The number of rotatable bonds is 3. The van der Waals surface area contributed by atoms with Crippen molar-refractivity contribution in [2.24, 2.45) is 0 Å². The van der Waals surface area contributed by atoms with Crippen LogP contribution in [0.5, 0.6) is 0 Å². The number of nitrogens with two attached hydrogens (primary N) is 1. The summed E-state index contributed by atoms with van der Waals surface area (Å²) in [5, 5.41) is 2.50. The molecule has 20 heavy (non-hydrogen) atoms. The van der Waals surface area contributed by atoms with E-state index in [4.69, 9.17) is 0 Å². The summed E-state index contributed by atoms with van der Waals surface area (Å²) in [5.74, 6) is 0. The Morgan fingerprint density at radius 3 is 2.75 bits per heavy atom. The van der Waals surface area contributed by atoms with Crippen LogP contribution in [0.2, 0.25) is 0 Å². The fourth-order valence-corrected chi connectivity index (χ4v) is 4.19. The zero-order chi connectivity index (χ0) is 13.9. The van der Waals surface area contributed by atoms with Crippen molar-refractivity contribution >= 4 is 0 Å². The Morgan fingerprint density at radius 1 is 1.20 bits per heavy atom. The van der Waals surface area contributed by atoms with Gasteiger partial charge in [0.1, 0.15) is 39.3 Å². The monoisotopic (exact) mass is 276 g/mol. The highest BCUT2D eigenvalue weighted by molar-refractivity contribution is 5.36. The maximum absolute atomic E-state index is 2.50. The maximum atomic E-state index is 2.50. The lowest BCUT2D eigenvalue weighted by atomic mass is 9.91. The summed E-state index contributed by atoms with van der Waals surface area (Å²) in [6, 6.07) is 7.59. The van der Waals surface area contributed by atoms with Gasteiger partial charge in [0, 0.05) is 11.1 Å². The number of fused-ring (bicyclic) bond motifs is 1. The molecule has 1 atom stereocenters. The highest BCUT2D eigenvalue weighted by Crippen LogP contribution is 2.21. The Labute approximate surface area is 123 Å². The van der Waals surface area contributed by atoms with E-state index in [1.165, 1.54) is 57.8 Å². The minimum atomic E-state index is 0.725. The van der Waals surface area contributed by atoms with E-state index in [2.05, 4.69) is 37.4 Å². The predicted octanol–water partition coefficient (Wildman–Crippen LogP) is -1.69. The highest BCUT2D eigenvalue weighted by atomic mass is 15.3. The average Bonchev–Trinajstić information content (AvgIpc) is 2.48. The molecular formula is C17H30N3+3. The summed E-state index contributed by atoms with van der Waals surface area (Å²) >= 11 is 0. The third kappa shape index (κ3) is 2.76. The second kappa shape index (κ2) is 6.25. The molecule has 1 saturated heterocycles. The van der Waals surface area contributed by atoms with Crippen molar-refractivity contribution in [3.63, 3.8) is 0 Å². The Kier molecular flexibility index (Phi) is 4.39. The molecule has 0 radical (unpaired) electrons. The molecule has 4 N–H and O–H groups in total. The van der Waals surface area contributed by atoms with Crippen LogP contribution in [0.1, 0.15) is 36.1 Å². The Morgan fingerprint density at radius 2 is 2.00 bits per heavy atom. The van der Waals surface area contributed by atoms with E-state index in [1.54, 1.807) is 11.1 Å². The van der Waals surface area contributed by atoms with Gasteiger partial charge in [-0.1, -0.05) is 25.1 Å². The third-order valence-corrected chi connectivity index (χ3v) is 5.23. The molecule has 0 saturated carbocycles. The van der Waals surface area contributed by atoms with Gasteiger partial charge in [0.05, 0.1) is 6.54 Å². The molecule has 1 aromatic rings. The van der Waals surface area contributed by atoms with E-state index < -0.39 is 0 Å². The lowest BCUT2D eigenvalue weighted by molar-refractivity contribution is -1.03. The molecule has 0 aromatic heterocycles. The minimum absolute atomic E-state index is 0.725. The van der Waals surface area contributed by atoms with Crippen molar-refractivity contribution in [1.82, 2.24) is 0 Å². The lowest BCUT2D eigenvalue weighted by Crippen LogP contribution is -3.29. The molecule has 1 fully saturated rings. The van der Waals surface area contributed by atoms with Crippen LogP contribution in [-0.2, 0) is 6.54 Å². The fraction of sp³-hybridized carbons (Fsp3) is 0.647. The first kappa shape index (κ1) is 14.1. The van der Waals surface area contributed by atoms with Gasteiger partial charge in [-0.2, -0.15) is 0 Å². The Balaban J connectivity index is 1.74. The van der Waals surface area contributed by atoms with Crippen LogP contribution in [0, 0.1) is 6.92 Å². The Bertz CT molecular complexity index is 450. The van der Waals surface area contributed by atoms with E-state index in [9.17, 15) is 0 Å². The molecule has 1 aromatic carbocycles. The number of hydrogen-bond acceptors (Lipinski definition) is 0. The van der Waals surface area contributed by atoms with Crippen LogP contribution in [0.15, 0.2) is 18.2 Å². The molecule has 2 heterocycles. The van der Waals surface area contributed by atoms with Crippen LogP contribution in [0.25, 0.3) is 0 Å².